The van der Waals surface area contributed by atoms with Gasteiger partial charge in [0, 0.05) is 23.2 Å². The second-order valence-electron chi connectivity index (χ2n) is 6.61. The highest BCUT2D eigenvalue weighted by molar-refractivity contribution is 6.30. The van der Waals surface area contributed by atoms with Gasteiger partial charge in [0.1, 0.15) is 5.75 Å². The molecular formula is C21H21ClN2O2. The summed E-state index contributed by atoms with van der Waals surface area (Å²) in [6, 6.07) is 16.5. The number of benzene rings is 2. The van der Waals surface area contributed by atoms with Gasteiger partial charge in [0.15, 0.2) is 5.76 Å². The second kappa shape index (κ2) is 7.52. The molecule has 26 heavy (non-hydrogen) atoms. The van der Waals surface area contributed by atoms with Crippen LogP contribution in [0.4, 0.5) is 0 Å². The largest absolute Gasteiger partial charge is 0.497 e. The van der Waals surface area contributed by atoms with Crippen LogP contribution in [-0.4, -0.2) is 23.0 Å². The van der Waals surface area contributed by atoms with Crippen LogP contribution in [-0.2, 0) is 13.1 Å². The summed E-state index contributed by atoms with van der Waals surface area (Å²) in [5.74, 6) is 2.36. The van der Waals surface area contributed by atoms with Crippen molar-refractivity contribution < 1.29 is 9.15 Å². The number of halogens is 1. The summed E-state index contributed by atoms with van der Waals surface area (Å²) in [6.45, 7) is 1.59. The van der Waals surface area contributed by atoms with Crippen molar-refractivity contribution in [1.29, 1.82) is 0 Å². The molecule has 0 atom stereocenters. The lowest BCUT2D eigenvalue weighted by molar-refractivity contribution is 0.221. The maximum Gasteiger partial charge on any atom is 0.209 e. The van der Waals surface area contributed by atoms with E-state index in [4.69, 9.17) is 20.8 Å². The van der Waals surface area contributed by atoms with Crippen molar-refractivity contribution in [3.63, 3.8) is 0 Å². The summed E-state index contributed by atoms with van der Waals surface area (Å²) in [5, 5.41) is 0.767. The van der Waals surface area contributed by atoms with Crippen LogP contribution in [0.25, 0.3) is 11.3 Å². The Morgan fingerprint density at radius 2 is 1.81 bits per heavy atom. The highest BCUT2D eigenvalue weighted by atomic mass is 35.5. The zero-order valence-electron chi connectivity index (χ0n) is 14.7. The molecule has 5 heteroatoms. The molecule has 134 valence electrons. The van der Waals surface area contributed by atoms with Crippen LogP contribution in [0.2, 0.25) is 5.02 Å². The maximum absolute atomic E-state index is 5.99. The Kier molecular flexibility index (Phi) is 4.96. The van der Waals surface area contributed by atoms with E-state index < -0.39 is 0 Å². The van der Waals surface area contributed by atoms with E-state index >= 15 is 0 Å². The van der Waals surface area contributed by atoms with Crippen LogP contribution >= 0.6 is 11.6 Å². The summed E-state index contributed by atoms with van der Waals surface area (Å²) >= 11 is 5.99. The number of ether oxygens (including phenoxy) is 1. The Balaban J connectivity index is 1.46. The highest BCUT2D eigenvalue weighted by Crippen LogP contribution is 2.31. The summed E-state index contributed by atoms with van der Waals surface area (Å²) < 4.78 is 11.2. The van der Waals surface area contributed by atoms with Crippen LogP contribution in [0, 0.1) is 0 Å². The first-order valence-electron chi connectivity index (χ1n) is 8.79. The fraction of sp³-hybridized carbons (Fsp3) is 0.286. The Morgan fingerprint density at radius 3 is 2.46 bits per heavy atom. The standard InChI is InChI=1S/C21H21ClN2O2/c1-25-19-10-4-16(5-11-19)20-12-23-21(26-20)14-24(18-8-9-18)13-15-2-6-17(22)7-3-15/h2-7,10-12,18H,8-9,13-14H2,1H3. The molecule has 4 nitrogen and oxygen atoms in total. The first-order chi connectivity index (χ1) is 12.7. The highest BCUT2D eigenvalue weighted by Gasteiger charge is 2.30. The van der Waals surface area contributed by atoms with Crippen LogP contribution < -0.4 is 4.74 Å². The second-order valence-corrected chi connectivity index (χ2v) is 7.05. The zero-order chi connectivity index (χ0) is 17.9. The van der Waals surface area contributed by atoms with E-state index in [1.165, 1.54) is 18.4 Å². The van der Waals surface area contributed by atoms with Gasteiger partial charge in [-0.25, -0.2) is 4.98 Å². The monoisotopic (exact) mass is 368 g/mol. The predicted octanol–water partition coefficient (Wildman–Crippen LogP) is 5.17. The molecule has 3 aromatic rings. The summed E-state index contributed by atoms with van der Waals surface area (Å²) in [4.78, 5) is 6.90. The van der Waals surface area contributed by atoms with Crippen molar-refractivity contribution in [3.05, 3.63) is 71.2 Å². The predicted molar refractivity (Wildman–Crippen MR) is 102 cm³/mol. The number of methoxy groups -OCH3 is 1. The Bertz CT molecular complexity index is 854. The average Bonchev–Trinajstić information content (AvgIpc) is 3.42. The van der Waals surface area contributed by atoms with E-state index in [0.717, 1.165) is 34.5 Å². The van der Waals surface area contributed by atoms with Gasteiger partial charge in [0.05, 0.1) is 19.9 Å². The molecular weight excluding hydrogens is 348 g/mol. The molecule has 1 aromatic heterocycles. The average molecular weight is 369 g/mol. The van der Waals surface area contributed by atoms with Gasteiger partial charge in [-0.15, -0.1) is 0 Å². The minimum absolute atomic E-state index is 0.613. The molecule has 1 heterocycles. The first-order valence-corrected chi connectivity index (χ1v) is 9.17. The van der Waals surface area contributed by atoms with Crippen molar-refractivity contribution >= 4 is 11.6 Å². The van der Waals surface area contributed by atoms with Crippen molar-refractivity contribution in [1.82, 2.24) is 9.88 Å². The molecule has 1 aliphatic rings. The number of hydrogen-bond acceptors (Lipinski definition) is 4. The van der Waals surface area contributed by atoms with E-state index in [9.17, 15) is 0 Å². The molecule has 2 aromatic carbocycles. The van der Waals surface area contributed by atoms with Gasteiger partial charge >= 0.3 is 0 Å². The van der Waals surface area contributed by atoms with Gasteiger partial charge in [-0.3, -0.25) is 4.90 Å². The van der Waals surface area contributed by atoms with E-state index in [1.807, 2.05) is 36.4 Å². The summed E-state index contributed by atoms with van der Waals surface area (Å²) in [7, 11) is 1.66. The molecule has 1 aliphatic carbocycles. The van der Waals surface area contributed by atoms with E-state index in [2.05, 4.69) is 22.0 Å². The van der Waals surface area contributed by atoms with Crippen molar-refractivity contribution in [3.8, 4) is 17.1 Å². The topological polar surface area (TPSA) is 38.5 Å². The number of rotatable bonds is 7. The molecule has 1 saturated carbocycles. The van der Waals surface area contributed by atoms with Crippen LogP contribution in [0.1, 0.15) is 24.3 Å². The van der Waals surface area contributed by atoms with Gasteiger partial charge in [-0.1, -0.05) is 23.7 Å². The van der Waals surface area contributed by atoms with E-state index in [1.54, 1.807) is 13.3 Å². The van der Waals surface area contributed by atoms with Crippen molar-refractivity contribution in [2.24, 2.45) is 0 Å². The fourth-order valence-corrected chi connectivity index (χ4v) is 3.15. The molecule has 0 radical (unpaired) electrons. The van der Waals surface area contributed by atoms with Crippen molar-refractivity contribution in [2.75, 3.05) is 7.11 Å². The Morgan fingerprint density at radius 1 is 1.08 bits per heavy atom. The van der Waals surface area contributed by atoms with Crippen molar-refractivity contribution in [2.45, 2.75) is 32.0 Å². The molecule has 0 saturated heterocycles. The third-order valence-electron chi connectivity index (χ3n) is 4.63. The summed E-state index contributed by atoms with van der Waals surface area (Å²) in [6.07, 6.45) is 4.27. The molecule has 0 spiro atoms. The van der Waals surface area contributed by atoms with Crippen LogP contribution in [0.15, 0.2) is 59.1 Å². The molecule has 0 unspecified atom stereocenters. The van der Waals surface area contributed by atoms with E-state index in [-0.39, 0.29) is 0 Å². The number of aromatic nitrogens is 1. The Hall–Kier alpha value is -2.30. The van der Waals surface area contributed by atoms with Gasteiger partial charge < -0.3 is 9.15 Å². The molecule has 4 rings (SSSR count). The summed E-state index contributed by atoms with van der Waals surface area (Å²) in [5.41, 5.74) is 2.25. The minimum atomic E-state index is 0.613. The third-order valence-corrected chi connectivity index (χ3v) is 4.88. The molecule has 1 fully saturated rings. The Labute approximate surface area is 158 Å². The van der Waals surface area contributed by atoms with Crippen LogP contribution in [0.5, 0.6) is 5.75 Å². The molecule has 0 bridgehead atoms. The zero-order valence-corrected chi connectivity index (χ0v) is 15.4. The SMILES string of the molecule is COc1ccc(-c2cnc(CN(Cc3ccc(Cl)cc3)C3CC3)o2)cc1. The lowest BCUT2D eigenvalue weighted by Crippen LogP contribution is -2.25. The lowest BCUT2D eigenvalue weighted by Gasteiger charge is -2.20. The van der Waals surface area contributed by atoms with Gasteiger partial charge in [0.2, 0.25) is 5.89 Å². The maximum atomic E-state index is 5.99. The van der Waals surface area contributed by atoms with Gasteiger partial charge in [0.25, 0.3) is 0 Å². The van der Waals surface area contributed by atoms with Crippen LogP contribution in [0.3, 0.4) is 0 Å². The molecule has 0 amide bonds. The van der Waals surface area contributed by atoms with Gasteiger partial charge in [-0.05, 0) is 54.8 Å². The fourth-order valence-electron chi connectivity index (χ4n) is 3.02. The smallest absolute Gasteiger partial charge is 0.209 e. The quantitative estimate of drug-likeness (QED) is 0.576. The number of hydrogen-bond donors (Lipinski definition) is 0. The minimum Gasteiger partial charge on any atom is -0.497 e. The number of oxazole rings is 1. The third kappa shape index (κ3) is 4.09. The lowest BCUT2D eigenvalue weighted by atomic mass is 10.2. The normalized spacial score (nSPS) is 14.0. The molecule has 0 N–H and O–H groups in total. The van der Waals surface area contributed by atoms with Gasteiger partial charge in [-0.2, -0.15) is 0 Å². The molecule has 0 aliphatic heterocycles. The van der Waals surface area contributed by atoms with E-state index in [0.29, 0.717) is 12.6 Å². The first kappa shape index (κ1) is 17.1. The number of nitrogens with zero attached hydrogens (tertiary/aromatic N) is 2.